The van der Waals surface area contributed by atoms with Crippen molar-refractivity contribution in [3.8, 4) is 24.2 Å². The maximum Gasteiger partial charge on any atom is 0.137 e. The second kappa shape index (κ2) is 5.67. The summed E-state index contributed by atoms with van der Waals surface area (Å²) >= 11 is 0. The fourth-order valence-electron chi connectivity index (χ4n) is 1.04. The van der Waals surface area contributed by atoms with Crippen LogP contribution in [-0.4, -0.2) is 6.61 Å². The van der Waals surface area contributed by atoms with Crippen LogP contribution in [0, 0.1) is 23.7 Å². The molecule has 70 valence electrons. The summed E-state index contributed by atoms with van der Waals surface area (Å²) in [6.45, 7) is 0.558. The van der Waals surface area contributed by atoms with E-state index in [9.17, 15) is 0 Å². The van der Waals surface area contributed by atoms with Crippen molar-refractivity contribution in [2.75, 3.05) is 6.61 Å². The SMILES string of the molecule is C#CCCCOc1ccccc1C#N. The minimum absolute atomic E-state index is 0.558. The second-order valence-electron chi connectivity index (χ2n) is 2.76. The molecule has 0 bridgehead atoms. The van der Waals surface area contributed by atoms with Crippen molar-refractivity contribution in [2.24, 2.45) is 0 Å². The predicted octanol–water partition coefficient (Wildman–Crippen LogP) is 2.35. The molecule has 0 amide bonds. The van der Waals surface area contributed by atoms with Crippen molar-refractivity contribution in [1.82, 2.24) is 0 Å². The first-order valence-corrected chi connectivity index (χ1v) is 4.44. The van der Waals surface area contributed by atoms with Crippen LogP contribution in [0.25, 0.3) is 0 Å². The molecule has 0 saturated carbocycles. The van der Waals surface area contributed by atoms with Crippen LogP contribution in [0.1, 0.15) is 18.4 Å². The molecule has 1 rings (SSSR count). The first-order chi connectivity index (χ1) is 6.88. The van der Waals surface area contributed by atoms with Crippen molar-refractivity contribution in [3.05, 3.63) is 29.8 Å². The van der Waals surface area contributed by atoms with Gasteiger partial charge in [-0.15, -0.1) is 12.3 Å². The van der Waals surface area contributed by atoms with Crippen LogP contribution in [0.5, 0.6) is 5.75 Å². The van der Waals surface area contributed by atoms with Crippen LogP contribution in [0.2, 0.25) is 0 Å². The van der Waals surface area contributed by atoms with Crippen LogP contribution in [-0.2, 0) is 0 Å². The molecular formula is C12H11NO. The summed E-state index contributed by atoms with van der Waals surface area (Å²) in [6, 6.07) is 9.25. The number of hydrogen-bond donors (Lipinski definition) is 0. The Kier molecular flexibility index (Phi) is 4.11. The summed E-state index contributed by atoms with van der Waals surface area (Å²) < 4.78 is 5.41. The molecule has 0 spiro atoms. The van der Waals surface area contributed by atoms with E-state index in [1.807, 2.05) is 12.1 Å². The molecular weight excluding hydrogens is 174 g/mol. The molecule has 0 fully saturated rings. The third kappa shape index (κ3) is 2.84. The maximum absolute atomic E-state index is 8.76. The number of terminal acetylenes is 1. The zero-order valence-corrected chi connectivity index (χ0v) is 7.86. The van der Waals surface area contributed by atoms with Gasteiger partial charge in [-0.2, -0.15) is 5.26 Å². The highest BCUT2D eigenvalue weighted by Gasteiger charge is 1.99. The van der Waals surface area contributed by atoms with Crippen LogP contribution >= 0.6 is 0 Å². The van der Waals surface area contributed by atoms with E-state index in [4.69, 9.17) is 16.4 Å². The smallest absolute Gasteiger partial charge is 0.137 e. The Bertz CT molecular complexity index is 371. The van der Waals surface area contributed by atoms with Gasteiger partial charge in [0.1, 0.15) is 11.8 Å². The average molecular weight is 185 g/mol. The van der Waals surface area contributed by atoms with Gasteiger partial charge in [-0.1, -0.05) is 12.1 Å². The number of rotatable bonds is 4. The monoisotopic (exact) mass is 185 g/mol. The van der Waals surface area contributed by atoms with E-state index in [-0.39, 0.29) is 0 Å². The van der Waals surface area contributed by atoms with E-state index in [1.165, 1.54) is 0 Å². The van der Waals surface area contributed by atoms with E-state index in [1.54, 1.807) is 12.1 Å². The number of hydrogen-bond acceptors (Lipinski definition) is 2. The van der Waals surface area contributed by atoms with Crippen molar-refractivity contribution in [1.29, 1.82) is 5.26 Å². The minimum Gasteiger partial charge on any atom is -0.492 e. The van der Waals surface area contributed by atoms with Crippen molar-refractivity contribution >= 4 is 0 Å². The van der Waals surface area contributed by atoms with Crippen LogP contribution in [0.15, 0.2) is 24.3 Å². The van der Waals surface area contributed by atoms with Gasteiger partial charge in [0.15, 0.2) is 0 Å². The molecule has 14 heavy (non-hydrogen) atoms. The van der Waals surface area contributed by atoms with Gasteiger partial charge >= 0.3 is 0 Å². The molecule has 0 N–H and O–H groups in total. The summed E-state index contributed by atoms with van der Waals surface area (Å²) in [5, 5.41) is 8.76. The molecule has 1 aromatic rings. The molecule has 0 aliphatic carbocycles. The molecule has 1 aromatic carbocycles. The fourth-order valence-corrected chi connectivity index (χ4v) is 1.04. The van der Waals surface area contributed by atoms with E-state index < -0.39 is 0 Å². The molecule has 0 unspecified atom stereocenters. The highest BCUT2D eigenvalue weighted by molar-refractivity contribution is 5.42. The lowest BCUT2D eigenvalue weighted by molar-refractivity contribution is 0.312. The molecule has 0 aliphatic heterocycles. The molecule has 0 saturated heterocycles. The number of benzene rings is 1. The highest BCUT2D eigenvalue weighted by atomic mass is 16.5. The summed E-state index contributed by atoms with van der Waals surface area (Å²) in [5.41, 5.74) is 0.563. The van der Waals surface area contributed by atoms with Gasteiger partial charge in [0, 0.05) is 6.42 Å². The minimum atomic E-state index is 0.558. The van der Waals surface area contributed by atoms with Gasteiger partial charge < -0.3 is 4.74 Å². The molecule has 0 atom stereocenters. The van der Waals surface area contributed by atoms with Gasteiger partial charge in [-0.25, -0.2) is 0 Å². The Morgan fingerprint density at radius 1 is 1.36 bits per heavy atom. The lowest BCUT2D eigenvalue weighted by Crippen LogP contribution is -1.98. The first-order valence-electron chi connectivity index (χ1n) is 4.44. The standard InChI is InChI=1S/C12H11NO/c1-2-3-6-9-14-12-8-5-4-7-11(12)10-13/h1,4-5,7-8H,3,6,9H2. The third-order valence-electron chi connectivity index (χ3n) is 1.73. The van der Waals surface area contributed by atoms with Crippen LogP contribution in [0.4, 0.5) is 0 Å². The Morgan fingerprint density at radius 2 is 2.14 bits per heavy atom. The van der Waals surface area contributed by atoms with Gasteiger partial charge in [0.05, 0.1) is 12.2 Å². The third-order valence-corrected chi connectivity index (χ3v) is 1.73. The first kappa shape index (κ1) is 10.2. The lowest BCUT2D eigenvalue weighted by atomic mass is 10.2. The van der Waals surface area contributed by atoms with Crippen molar-refractivity contribution < 1.29 is 4.74 Å². The molecule has 2 heteroatoms. The van der Waals surface area contributed by atoms with Gasteiger partial charge in [0.25, 0.3) is 0 Å². The van der Waals surface area contributed by atoms with E-state index >= 15 is 0 Å². The molecule has 0 aromatic heterocycles. The molecule has 0 aliphatic rings. The molecule has 0 heterocycles. The zero-order valence-electron chi connectivity index (χ0n) is 7.86. The highest BCUT2D eigenvalue weighted by Crippen LogP contribution is 2.16. The van der Waals surface area contributed by atoms with Gasteiger partial charge in [0.2, 0.25) is 0 Å². The Balaban J connectivity index is 2.51. The van der Waals surface area contributed by atoms with Crippen LogP contribution < -0.4 is 4.74 Å². The maximum atomic E-state index is 8.76. The fraction of sp³-hybridized carbons (Fsp3) is 0.250. The molecule has 0 radical (unpaired) electrons. The number of nitrogens with zero attached hydrogens (tertiary/aromatic N) is 1. The van der Waals surface area contributed by atoms with Gasteiger partial charge in [-0.3, -0.25) is 0 Å². The van der Waals surface area contributed by atoms with E-state index in [2.05, 4.69) is 12.0 Å². The number of para-hydroxylation sites is 1. The Hall–Kier alpha value is -1.93. The number of nitriles is 1. The summed E-state index contributed by atoms with van der Waals surface area (Å²) in [6.07, 6.45) is 6.62. The number of unbranched alkanes of at least 4 members (excludes halogenated alkanes) is 1. The summed E-state index contributed by atoms with van der Waals surface area (Å²) in [7, 11) is 0. The Morgan fingerprint density at radius 3 is 2.86 bits per heavy atom. The lowest BCUT2D eigenvalue weighted by Gasteiger charge is -2.05. The van der Waals surface area contributed by atoms with Crippen molar-refractivity contribution in [2.45, 2.75) is 12.8 Å². The summed E-state index contributed by atoms with van der Waals surface area (Å²) in [5.74, 6) is 3.17. The predicted molar refractivity (Wildman–Crippen MR) is 54.7 cm³/mol. The van der Waals surface area contributed by atoms with E-state index in [0.717, 1.165) is 6.42 Å². The second-order valence-corrected chi connectivity index (χ2v) is 2.76. The quantitative estimate of drug-likeness (QED) is 0.533. The largest absolute Gasteiger partial charge is 0.492 e. The van der Waals surface area contributed by atoms with Crippen molar-refractivity contribution in [3.63, 3.8) is 0 Å². The van der Waals surface area contributed by atoms with Crippen LogP contribution in [0.3, 0.4) is 0 Å². The normalized spacial score (nSPS) is 8.71. The average Bonchev–Trinajstić information content (AvgIpc) is 2.25. The van der Waals surface area contributed by atoms with Gasteiger partial charge in [-0.05, 0) is 18.6 Å². The number of ether oxygens (including phenoxy) is 1. The summed E-state index contributed by atoms with van der Waals surface area (Å²) in [4.78, 5) is 0. The Labute approximate surface area is 84.1 Å². The topological polar surface area (TPSA) is 33.0 Å². The molecule has 2 nitrogen and oxygen atoms in total. The van der Waals surface area contributed by atoms with E-state index in [0.29, 0.717) is 24.3 Å². The zero-order chi connectivity index (χ0) is 10.2.